The molecule has 5 rings (SSSR count). The van der Waals surface area contributed by atoms with E-state index >= 15 is 0 Å². The summed E-state index contributed by atoms with van der Waals surface area (Å²) in [5.74, 6) is 0.232. The molecule has 0 radical (unpaired) electrons. The van der Waals surface area contributed by atoms with Gasteiger partial charge in [-0.3, -0.25) is 9.78 Å². The number of pyridine rings is 1. The van der Waals surface area contributed by atoms with Gasteiger partial charge in [0, 0.05) is 66.5 Å². The molecule has 1 aliphatic rings. The van der Waals surface area contributed by atoms with E-state index in [9.17, 15) is 4.79 Å². The van der Waals surface area contributed by atoms with Crippen LogP contribution >= 0.6 is 0 Å². The summed E-state index contributed by atoms with van der Waals surface area (Å²) in [5.41, 5.74) is 5.29. The normalized spacial score (nSPS) is 13.6. The molecule has 8 nitrogen and oxygen atoms in total. The first-order valence-electron chi connectivity index (χ1n) is 11.5. The van der Waals surface area contributed by atoms with Crippen LogP contribution in [0.15, 0.2) is 79.8 Å². The Labute approximate surface area is 211 Å². The lowest BCUT2D eigenvalue weighted by Gasteiger charge is -2.34. The number of aromatic nitrogens is 3. The molecular formula is C28H31N7O. The fourth-order valence-electron chi connectivity index (χ4n) is 4.15. The van der Waals surface area contributed by atoms with Gasteiger partial charge in [0.05, 0.1) is 17.4 Å². The number of carbonyl (C=O) groups excluding carboxylic acids is 1. The Kier molecular flexibility index (Phi) is 7.56. The average molecular weight is 482 g/mol. The van der Waals surface area contributed by atoms with Gasteiger partial charge in [0.15, 0.2) is 0 Å². The van der Waals surface area contributed by atoms with Crippen molar-refractivity contribution in [1.82, 2.24) is 19.9 Å². The number of rotatable bonds is 6. The average Bonchev–Trinajstić information content (AvgIpc) is 2.89. The summed E-state index contributed by atoms with van der Waals surface area (Å²) in [4.78, 5) is 30.0. The van der Waals surface area contributed by atoms with Gasteiger partial charge in [0.2, 0.25) is 11.9 Å². The summed E-state index contributed by atoms with van der Waals surface area (Å²) < 4.78 is 0. The van der Waals surface area contributed by atoms with E-state index in [4.69, 9.17) is 4.98 Å². The minimum atomic E-state index is -0.283. The quantitative estimate of drug-likeness (QED) is 0.377. The number of benzene rings is 2. The van der Waals surface area contributed by atoms with E-state index in [0.717, 1.165) is 53.9 Å². The molecule has 0 saturated carbocycles. The Morgan fingerprint density at radius 1 is 1.00 bits per heavy atom. The van der Waals surface area contributed by atoms with E-state index < -0.39 is 0 Å². The predicted octanol–water partition coefficient (Wildman–Crippen LogP) is 4.95. The van der Waals surface area contributed by atoms with Crippen LogP contribution in [0.3, 0.4) is 0 Å². The third-order valence-electron chi connectivity index (χ3n) is 6.10. The number of para-hydroxylation sites is 1. The van der Waals surface area contributed by atoms with Crippen LogP contribution < -0.4 is 15.5 Å². The standard InChI is InChI=1S/C27H27N7O.CH4/c1-3-25(35)30-22-15-20(16-28-18-22)24-6-4-5-19-17-29-27(32-26(19)24)31-21-7-9-23(10-8-21)34-13-11-33(2)12-14-34;/h3-10,15-18H,1,11-14H2,2H3,(H,30,35)(H,29,31,32);1H4. The Morgan fingerprint density at radius 3 is 2.53 bits per heavy atom. The summed E-state index contributed by atoms with van der Waals surface area (Å²) in [7, 11) is 2.16. The van der Waals surface area contributed by atoms with Crippen LogP contribution in [0.25, 0.3) is 22.0 Å². The van der Waals surface area contributed by atoms with Crippen molar-refractivity contribution < 1.29 is 4.79 Å². The van der Waals surface area contributed by atoms with Crippen LogP contribution in [0.2, 0.25) is 0 Å². The summed E-state index contributed by atoms with van der Waals surface area (Å²) in [6.45, 7) is 7.71. The smallest absolute Gasteiger partial charge is 0.247 e. The van der Waals surface area contributed by atoms with Crippen molar-refractivity contribution in [2.24, 2.45) is 0 Å². The fraction of sp³-hybridized carbons (Fsp3) is 0.214. The minimum absolute atomic E-state index is 0. The molecule has 0 spiro atoms. The van der Waals surface area contributed by atoms with Gasteiger partial charge in [-0.2, -0.15) is 0 Å². The highest BCUT2D eigenvalue weighted by Gasteiger charge is 2.14. The van der Waals surface area contributed by atoms with Crippen molar-refractivity contribution in [3.63, 3.8) is 0 Å². The van der Waals surface area contributed by atoms with Gasteiger partial charge in [-0.1, -0.05) is 32.2 Å². The fourth-order valence-corrected chi connectivity index (χ4v) is 4.15. The number of likely N-dealkylation sites (N-methyl/N-ethyl adjacent to an activating group) is 1. The number of piperazine rings is 1. The van der Waals surface area contributed by atoms with Crippen molar-refractivity contribution in [2.75, 3.05) is 48.8 Å². The second kappa shape index (κ2) is 11.0. The molecule has 1 fully saturated rings. The number of carbonyl (C=O) groups is 1. The van der Waals surface area contributed by atoms with Gasteiger partial charge in [-0.05, 0) is 43.5 Å². The van der Waals surface area contributed by atoms with Gasteiger partial charge in [0.25, 0.3) is 0 Å². The lowest BCUT2D eigenvalue weighted by molar-refractivity contribution is -0.111. The summed E-state index contributed by atoms with van der Waals surface area (Å²) in [6, 6.07) is 16.2. The number of nitrogens with zero attached hydrogens (tertiary/aromatic N) is 5. The Bertz CT molecular complexity index is 1360. The lowest BCUT2D eigenvalue weighted by Crippen LogP contribution is -2.44. The molecule has 0 atom stereocenters. The number of hydrogen-bond donors (Lipinski definition) is 2. The Morgan fingerprint density at radius 2 is 1.78 bits per heavy atom. The highest BCUT2D eigenvalue weighted by atomic mass is 16.1. The van der Waals surface area contributed by atoms with E-state index in [1.54, 1.807) is 12.4 Å². The molecule has 36 heavy (non-hydrogen) atoms. The zero-order valence-electron chi connectivity index (χ0n) is 19.6. The van der Waals surface area contributed by atoms with Crippen LogP contribution in [0.1, 0.15) is 7.43 Å². The highest BCUT2D eigenvalue weighted by molar-refractivity contribution is 6.00. The molecule has 2 N–H and O–H groups in total. The second-order valence-corrected chi connectivity index (χ2v) is 8.55. The molecule has 0 bridgehead atoms. The van der Waals surface area contributed by atoms with Crippen molar-refractivity contribution in [1.29, 1.82) is 0 Å². The molecule has 8 heteroatoms. The van der Waals surface area contributed by atoms with Crippen molar-refractivity contribution >= 4 is 39.8 Å². The zero-order chi connectivity index (χ0) is 24.2. The number of nitrogens with one attached hydrogen (secondary N) is 2. The van der Waals surface area contributed by atoms with E-state index in [1.165, 1.54) is 11.8 Å². The van der Waals surface area contributed by atoms with Crippen LogP contribution in [0, 0.1) is 0 Å². The van der Waals surface area contributed by atoms with Crippen LogP contribution in [-0.2, 0) is 4.79 Å². The van der Waals surface area contributed by atoms with Crippen LogP contribution in [0.5, 0.6) is 0 Å². The first-order chi connectivity index (χ1) is 17.1. The van der Waals surface area contributed by atoms with Crippen molar-refractivity contribution in [3.8, 4) is 11.1 Å². The van der Waals surface area contributed by atoms with Gasteiger partial charge in [-0.25, -0.2) is 9.97 Å². The van der Waals surface area contributed by atoms with E-state index in [-0.39, 0.29) is 13.3 Å². The minimum Gasteiger partial charge on any atom is -0.369 e. The van der Waals surface area contributed by atoms with Crippen LogP contribution in [0.4, 0.5) is 23.0 Å². The Hall–Kier alpha value is -4.30. The van der Waals surface area contributed by atoms with E-state index in [1.807, 2.05) is 30.5 Å². The maximum absolute atomic E-state index is 11.7. The van der Waals surface area contributed by atoms with Gasteiger partial charge in [-0.15, -0.1) is 0 Å². The number of amides is 1. The molecular weight excluding hydrogens is 450 g/mol. The molecule has 1 amide bonds. The van der Waals surface area contributed by atoms with Crippen molar-refractivity contribution in [3.05, 3.63) is 79.8 Å². The molecule has 184 valence electrons. The highest BCUT2D eigenvalue weighted by Crippen LogP contribution is 2.29. The molecule has 2 aromatic carbocycles. The largest absolute Gasteiger partial charge is 0.369 e. The van der Waals surface area contributed by atoms with Gasteiger partial charge in [0.1, 0.15) is 0 Å². The zero-order valence-corrected chi connectivity index (χ0v) is 19.6. The molecule has 1 saturated heterocycles. The van der Waals surface area contributed by atoms with Gasteiger partial charge < -0.3 is 20.4 Å². The van der Waals surface area contributed by atoms with E-state index in [2.05, 4.69) is 68.3 Å². The molecule has 2 aromatic heterocycles. The third-order valence-corrected chi connectivity index (χ3v) is 6.10. The van der Waals surface area contributed by atoms with Crippen molar-refractivity contribution in [2.45, 2.75) is 7.43 Å². The number of anilines is 4. The maximum Gasteiger partial charge on any atom is 0.247 e. The summed E-state index contributed by atoms with van der Waals surface area (Å²) in [5, 5.41) is 6.99. The number of fused-ring (bicyclic) bond motifs is 1. The van der Waals surface area contributed by atoms with Gasteiger partial charge >= 0.3 is 0 Å². The molecule has 1 aliphatic heterocycles. The second-order valence-electron chi connectivity index (χ2n) is 8.55. The Balaban J connectivity index is 0.00000304. The summed E-state index contributed by atoms with van der Waals surface area (Å²) >= 11 is 0. The topological polar surface area (TPSA) is 86.3 Å². The summed E-state index contributed by atoms with van der Waals surface area (Å²) in [6.07, 6.45) is 6.39. The maximum atomic E-state index is 11.7. The molecule has 0 unspecified atom stereocenters. The molecule has 4 aromatic rings. The first kappa shape index (κ1) is 24.8. The molecule has 0 aliphatic carbocycles. The van der Waals surface area contributed by atoms with E-state index in [0.29, 0.717) is 11.6 Å². The lowest BCUT2D eigenvalue weighted by atomic mass is 10.0. The van der Waals surface area contributed by atoms with Crippen LogP contribution in [-0.4, -0.2) is 59.0 Å². The third kappa shape index (κ3) is 5.50. The number of hydrogen-bond acceptors (Lipinski definition) is 7. The monoisotopic (exact) mass is 481 g/mol. The molecule has 3 heterocycles. The predicted molar refractivity (Wildman–Crippen MR) is 148 cm³/mol. The first-order valence-corrected chi connectivity index (χ1v) is 11.5. The SMILES string of the molecule is C.C=CC(=O)Nc1cncc(-c2cccc3cnc(Nc4ccc(N5CCN(C)CC5)cc4)nc23)c1.